The summed E-state index contributed by atoms with van der Waals surface area (Å²) in [6, 6.07) is 0. The van der Waals surface area contributed by atoms with Crippen LogP contribution in [0.3, 0.4) is 0 Å². The highest BCUT2D eigenvalue weighted by Gasteiger charge is 2.15. The van der Waals surface area contributed by atoms with Crippen molar-refractivity contribution in [1.29, 1.82) is 0 Å². The van der Waals surface area contributed by atoms with Crippen molar-refractivity contribution in [1.82, 2.24) is 14.7 Å². The molecule has 0 aliphatic rings. The Morgan fingerprint density at radius 1 is 1.53 bits per heavy atom. The lowest BCUT2D eigenvalue weighted by Crippen LogP contribution is -2.33. The minimum Gasteiger partial charge on any atom is -0.333 e. The zero-order chi connectivity index (χ0) is 14.6. The van der Waals surface area contributed by atoms with Crippen LogP contribution in [0.1, 0.15) is 20.8 Å². The number of hydrogen-bond donors (Lipinski definition) is 1. The summed E-state index contributed by atoms with van der Waals surface area (Å²) in [5, 5.41) is 6.87. The van der Waals surface area contributed by atoms with E-state index in [1.54, 1.807) is 24.1 Å². The summed E-state index contributed by atoms with van der Waals surface area (Å²) in [7, 11) is 1.54. The molecule has 0 radical (unpaired) electrons. The Balaban J connectivity index is 2.60. The molecule has 1 N–H and O–H groups in total. The second kappa shape index (κ2) is 5.69. The molecule has 1 aromatic heterocycles. The lowest BCUT2D eigenvalue weighted by atomic mass is 10.1. The van der Waals surface area contributed by atoms with E-state index in [4.69, 9.17) is 0 Å². The first-order chi connectivity index (χ1) is 8.74. The number of nitrogens with zero attached hydrogens (tertiary/aromatic N) is 3. The molecule has 1 heterocycles. The molecule has 0 aliphatic heterocycles. The fraction of sp³-hybridized carbons (Fsp3) is 0.462. The Morgan fingerprint density at radius 3 is 2.63 bits per heavy atom. The molecule has 1 rings (SSSR count). The lowest BCUT2D eigenvalue weighted by molar-refractivity contribution is -0.129. The van der Waals surface area contributed by atoms with Crippen molar-refractivity contribution in [3.8, 4) is 0 Å². The molecule has 1 aromatic rings. The molecule has 0 unspecified atom stereocenters. The maximum absolute atomic E-state index is 11.7. The molecular formula is C13H20N4O2. The maximum Gasteiger partial charge on any atom is 0.246 e. The Labute approximate surface area is 113 Å². The van der Waals surface area contributed by atoms with Gasteiger partial charge in [0.25, 0.3) is 0 Å². The Kier molecular flexibility index (Phi) is 4.47. The first-order valence-electron chi connectivity index (χ1n) is 5.96. The van der Waals surface area contributed by atoms with Gasteiger partial charge in [-0.05, 0) is 26.8 Å². The molecule has 19 heavy (non-hydrogen) atoms. The fourth-order valence-corrected chi connectivity index (χ4v) is 1.40. The molecule has 0 spiro atoms. The van der Waals surface area contributed by atoms with Gasteiger partial charge in [0.2, 0.25) is 11.8 Å². The summed E-state index contributed by atoms with van der Waals surface area (Å²) < 4.78 is 1.77. The zero-order valence-corrected chi connectivity index (χ0v) is 11.8. The molecule has 0 aliphatic carbocycles. The quantitative estimate of drug-likeness (QED) is 0.831. The third-order valence-electron chi connectivity index (χ3n) is 2.49. The minimum absolute atomic E-state index is 0.0223. The molecule has 0 saturated carbocycles. The number of rotatable bonds is 4. The average Bonchev–Trinajstić information content (AvgIpc) is 2.75. The van der Waals surface area contributed by atoms with Crippen molar-refractivity contribution in [3.05, 3.63) is 25.0 Å². The van der Waals surface area contributed by atoms with E-state index < -0.39 is 0 Å². The number of anilines is 1. The van der Waals surface area contributed by atoms with Crippen molar-refractivity contribution in [2.24, 2.45) is 0 Å². The van der Waals surface area contributed by atoms with Crippen molar-refractivity contribution < 1.29 is 9.59 Å². The number of amides is 2. The van der Waals surface area contributed by atoms with E-state index in [1.165, 1.54) is 11.0 Å². The largest absolute Gasteiger partial charge is 0.333 e. The molecule has 0 fully saturated rings. The number of hydrogen-bond acceptors (Lipinski definition) is 3. The van der Waals surface area contributed by atoms with Gasteiger partial charge in [-0.15, -0.1) is 0 Å². The summed E-state index contributed by atoms with van der Waals surface area (Å²) in [6.45, 7) is 9.39. The predicted molar refractivity (Wildman–Crippen MR) is 73.7 cm³/mol. The summed E-state index contributed by atoms with van der Waals surface area (Å²) >= 11 is 0. The summed E-state index contributed by atoms with van der Waals surface area (Å²) in [5.41, 5.74) is 0.470. The average molecular weight is 264 g/mol. The Bertz CT molecular complexity index is 485. The van der Waals surface area contributed by atoms with Gasteiger partial charge >= 0.3 is 0 Å². The fourth-order valence-electron chi connectivity index (χ4n) is 1.40. The van der Waals surface area contributed by atoms with Gasteiger partial charge in [0.05, 0.1) is 24.0 Å². The molecule has 6 heteroatoms. The van der Waals surface area contributed by atoms with Gasteiger partial charge in [-0.1, -0.05) is 6.58 Å². The smallest absolute Gasteiger partial charge is 0.246 e. The Morgan fingerprint density at radius 2 is 2.16 bits per heavy atom. The van der Waals surface area contributed by atoms with E-state index in [0.717, 1.165) is 0 Å². The van der Waals surface area contributed by atoms with Gasteiger partial charge in [-0.3, -0.25) is 14.3 Å². The van der Waals surface area contributed by atoms with Gasteiger partial charge in [-0.25, -0.2) is 0 Å². The molecule has 0 atom stereocenters. The molecule has 0 aromatic carbocycles. The predicted octanol–water partition coefficient (Wildman–Crippen LogP) is 1.22. The van der Waals surface area contributed by atoms with E-state index in [-0.39, 0.29) is 23.9 Å². The van der Waals surface area contributed by atoms with E-state index in [9.17, 15) is 9.59 Å². The van der Waals surface area contributed by atoms with Crippen LogP contribution in [-0.4, -0.2) is 40.1 Å². The molecule has 6 nitrogen and oxygen atoms in total. The summed E-state index contributed by atoms with van der Waals surface area (Å²) in [5.74, 6) is -0.563. The molecular weight excluding hydrogens is 244 g/mol. The number of nitrogens with one attached hydrogen (secondary N) is 1. The van der Waals surface area contributed by atoms with Gasteiger partial charge in [0.1, 0.15) is 0 Å². The lowest BCUT2D eigenvalue weighted by Gasteiger charge is -2.18. The van der Waals surface area contributed by atoms with Crippen LogP contribution >= 0.6 is 0 Å². The number of aromatic nitrogens is 2. The number of likely N-dealkylation sites (N-methyl/N-ethyl adjacent to an activating group) is 1. The third kappa shape index (κ3) is 4.24. The maximum atomic E-state index is 11.7. The minimum atomic E-state index is -0.291. The molecule has 104 valence electrons. The van der Waals surface area contributed by atoms with Gasteiger partial charge < -0.3 is 10.2 Å². The van der Waals surface area contributed by atoms with Crippen molar-refractivity contribution in [2.75, 3.05) is 18.9 Å². The van der Waals surface area contributed by atoms with Crippen LogP contribution in [-0.2, 0) is 15.1 Å². The van der Waals surface area contributed by atoms with Gasteiger partial charge in [0.15, 0.2) is 0 Å². The van der Waals surface area contributed by atoms with Crippen molar-refractivity contribution >= 4 is 17.5 Å². The van der Waals surface area contributed by atoms with Crippen LogP contribution in [0.5, 0.6) is 0 Å². The summed E-state index contributed by atoms with van der Waals surface area (Å²) in [4.78, 5) is 24.3. The van der Waals surface area contributed by atoms with Crippen LogP contribution in [0, 0.1) is 0 Å². The van der Waals surface area contributed by atoms with Gasteiger partial charge in [0, 0.05) is 13.2 Å². The van der Waals surface area contributed by atoms with Crippen LogP contribution in [0.15, 0.2) is 25.0 Å². The normalized spacial score (nSPS) is 10.9. The SMILES string of the molecule is C=CC(=O)N(C)CC(=O)Nc1cnn(C(C)(C)C)c1. The first kappa shape index (κ1) is 14.9. The molecule has 0 saturated heterocycles. The molecule has 0 bridgehead atoms. The highest BCUT2D eigenvalue weighted by Crippen LogP contribution is 2.15. The van der Waals surface area contributed by atoms with E-state index in [1.807, 2.05) is 20.8 Å². The second-order valence-corrected chi connectivity index (χ2v) is 5.29. The third-order valence-corrected chi connectivity index (χ3v) is 2.49. The molecule has 2 amide bonds. The van der Waals surface area contributed by atoms with E-state index in [0.29, 0.717) is 5.69 Å². The van der Waals surface area contributed by atoms with Crippen LogP contribution in [0.4, 0.5) is 5.69 Å². The van der Waals surface area contributed by atoms with Crippen molar-refractivity contribution in [2.45, 2.75) is 26.3 Å². The number of carbonyl (C=O) groups excluding carboxylic acids is 2. The topological polar surface area (TPSA) is 67.2 Å². The van der Waals surface area contributed by atoms with Gasteiger partial charge in [-0.2, -0.15) is 5.10 Å². The monoisotopic (exact) mass is 264 g/mol. The first-order valence-corrected chi connectivity index (χ1v) is 5.96. The highest BCUT2D eigenvalue weighted by molar-refractivity contribution is 5.96. The standard InChI is InChI=1S/C13H20N4O2/c1-6-12(19)16(5)9-11(18)15-10-7-14-17(8-10)13(2,3)4/h6-8H,1,9H2,2-5H3,(H,15,18). The zero-order valence-electron chi connectivity index (χ0n) is 11.8. The second-order valence-electron chi connectivity index (χ2n) is 5.29. The van der Waals surface area contributed by atoms with Crippen LogP contribution < -0.4 is 5.32 Å². The summed E-state index contributed by atoms with van der Waals surface area (Å²) in [6.07, 6.45) is 4.51. The highest BCUT2D eigenvalue weighted by atomic mass is 16.2. The van der Waals surface area contributed by atoms with Crippen molar-refractivity contribution in [3.63, 3.8) is 0 Å². The van der Waals surface area contributed by atoms with E-state index in [2.05, 4.69) is 17.0 Å². The van der Waals surface area contributed by atoms with Crippen LogP contribution in [0.25, 0.3) is 0 Å². The Hall–Kier alpha value is -2.11. The van der Waals surface area contributed by atoms with E-state index >= 15 is 0 Å². The van der Waals surface area contributed by atoms with Crippen LogP contribution in [0.2, 0.25) is 0 Å². The number of carbonyl (C=O) groups is 2.